The number of amides is 1. The molecule has 0 unspecified atom stereocenters. The van der Waals surface area contributed by atoms with Gasteiger partial charge >= 0.3 is 0 Å². The second kappa shape index (κ2) is 16.0. The number of pyridine rings is 1. The molecule has 1 aliphatic rings. The van der Waals surface area contributed by atoms with Gasteiger partial charge in [0.25, 0.3) is 0 Å². The Morgan fingerprint density at radius 3 is 2.43 bits per heavy atom. The van der Waals surface area contributed by atoms with Crippen LogP contribution in [-0.4, -0.2) is 64.2 Å². The number of aliphatic hydroxyl groups is 1. The molecule has 11 heteroatoms. The van der Waals surface area contributed by atoms with Crippen LogP contribution in [0.15, 0.2) is 79.0 Å². The molecule has 1 amide bonds. The summed E-state index contributed by atoms with van der Waals surface area (Å²) < 4.78 is 32.0. The van der Waals surface area contributed by atoms with Crippen molar-refractivity contribution in [3.63, 3.8) is 0 Å². The first-order valence-corrected chi connectivity index (χ1v) is 16.2. The lowest BCUT2D eigenvalue weighted by Gasteiger charge is -2.34. The molecule has 4 aromatic rings. The first kappa shape index (κ1) is 35.4. The molecule has 1 aromatic heterocycles. The van der Waals surface area contributed by atoms with E-state index < -0.39 is 11.4 Å². The van der Waals surface area contributed by atoms with Gasteiger partial charge in [-0.1, -0.05) is 29.8 Å². The average molecular weight is 685 g/mol. The number of carbonyl (C=O) groups is 1. The van der Waals surface area contributed by atoms with Crippen molar-refractivity contribution in [3.05, 3.63) is 118 Å². The summed E-state index contributed by atoms with van der Waals surface area (Å²) in [6, 6.07) is 21.2. The van der Waals surface area contributed by atoms with E-state index in [-0.39, 0.29) is 18.3 Å². The third-order valence-corrected chi connectivity index (χ3v) is 8.21. The Bertz CT molecular complexity index is 1810. The largest absolute Gasteiger partial charge is 0.487 e. The zero-order valence-corrected chi connectivity index (χ0v) is 28.4. The monoisotopic (exact) mass is 684 g/mol. The number of aromatic nitrogens is 1. The third-order valence-electron chi connectivity index (χ3n) is 7.93. The van der Waals surface area contributed by atoms with Gasteiger partial charge in [-0.25, -0.2) is 9.37 Å². The van der Waals surface area contributed by atoms with Gasteiger partial charge in [-0.2, -0.15) is 5.26 Å². The SMILES string of the molecule is Cc1cc(/C=C/C(=O)N2CCN(Cc3ccc(OC(C)(C)CO)c(F)c3)CC2)cc(Cl)c1Oc1ccc(OCc2ccc(C#N)cc2)cn1. The predicted octanol–water partition coefficient (Wildman–Crippen LogP) is 6.93. The van der Waals surface area contributed by atoms with Gasteiger partial charge in [-0.15, -0.1) is 0 Å². The average Bonchev–Trinajstić information content (AvgIpc) is 3.10. The molecule has 254 valence electrons. The van der Waals surface area contributed by atoms with Gasteiger partial charge in [0.1, 0.15) is 18.0 Å². The fraction of sp³-hybridized carbons (Fsp3) is 0.289. The van der Waals surface area contributed by atoms with Crippen LogP contribution in [0.25, 0.3) is 6.08 Å². The van der Waals surface area contributed by atoms with Crippen LogP contribution in [0.4, 0.5) is 4.39 Å². The van der Waals surface area contributed by atoms with Crippen LogP contribution < -0.4 is 14.2 Å². The second-order valence-electron chi connectivity index (χ2n) is 12.4. The standard InChI is InChI=1S/C38H38ClFN4O5/c1-26-18-29(19-32(39)37(26)48-35-12-10-31(22-42-35)47-24-28-6-4-27(21-41)5-7-28)9-13-36(46)44-16-14-43(15-17-44)23-30-8-11-34(33(40)20-30)49-38(2,3)25-45/h4-13,18-20,22,45H,14-17,23-25H2,1-3H3/b13-9+. The van der Waals surface area contributed by atoms with E-state index in [1.54, 1.807) is 73.5 Å². The smallest absolute Gasteiger partial charge is 0.246 e. The topological polar surface area (TPSA) is 108 Å². The van der Waals surface area contributed by atoms with Crippen LogP contribution in [0.5, 0.6) is 23.1 Å². The van der Waals surface area contributed by atoms with E-state index in [9.17, 15) is 14.3 Å². The van der Waals surface area contributed by atoms with Gasteiger partial charge in [0, 0.05) is 44.9 Å². The van der Waals surface area contributed by atoms with E-state index >= 15 is 0 Å². The number of ether oxygens (including phenoxy) is 3. The van der Waals surface area contributed by atoms with Crippen molar-refractivity contribution in [2.75, 3.05) is 32.8 Å². The molecule has 3 aromatic carbocycles. The van der Waals surface area contributed by atoms with E-state index in [2.05, 4.69) is 16.0 Å². The number of aliphatic hydroxyl groups excluding tert-OH is 1. The molecular weight excluding hydrogens is 647 g/mol. The number of aryl methyl sites for hydroxylation is 1. The highest BCUT2D eigenvalue weighted by molar-refractivity contribution is 6.32. The number of halogens is 2. The van der Waals surface area contributed by atoms with E-state index in [4.69, 9.17) is 31.1 Å². The quantitative estimate of drug-likeness (QED) is 0.160. The molecule has 0 bridgehead atoms. The zero-order chi connectivity index (χ0) is 35.0. The Labute approximate surface area is 290 Å². The minimum Gasteiger partial charge on any atom is -0.487 e. The Balaban J connectivity index is 1.10. The first-order valence-electron chi connectivity index (χ1n) is 15.9. The van der Waals surface area contributed by atoms with Gasteiger partial charge in [0.2, 0.25) is 11.8 Å². The lowest BCUT2D eigenvalue weighted by atomic mass is 10.1. The summed E-state index contributed by atoms with van der Waals surface area (Å²) in [4.78, 5) is 21.3. The molecule has 2 heterocycles. The molecular formula is C38H38ClFN4O5. The number of nitriles is 1. The maximum atomic E-state index is 14.6. The minimum atomic E-state index is -0.874. The molecule has 1 fully saturated rings. The van der Waals surface area contributed by atoms with Gasteiger partial charge in [0.05, 0.1) is 29.5 Å². The van der Waals surface area contributed by atoms with Crippen LogP contribution in [0.1, 0.15) is 41.7 Å². The van der Waals surface area contributed by atoms with Crippen LogP contribution >= 0.6 is 11.6 Å². The van der Waals surface area contributed by atoms with Crippen molar-refractivity contribution in [1.29, 1.82) is 5.26 Å². The highest BCUT2D eigenvalue weighted by atomic mass is 35.5. The maximum absolute atomic E-state index is 14.6. The summed E-state index contributed by atoms with van der Waals surface area (Å²) in [5, 5.41) is 18.7. The molecule has 1 saturated heterocycles. The summed E-state index contributed by atoms with van der Waals surface area (Å²) >= 11 is 6.58. The number of hydrogen-bond donors (Lipinski definition) is 1. The second-order valence-corrected chi connectivity index (χ2v) is 12.8. The zero-order valence-electron chi connectivity index (χ0n) is 27.7. The maximum Gasteiger partial charge on any atom is 0.246 e. The Morgan fingerprint density at radius 2 is 1.80 bits per heavy atom. The molecule has 1 aliphatic heterocycles. The Kier molecular flexibility index (Phi) is 11.5. The first-order chi connectivity index (χ1) is 23.5. The number of carbonyl (C=O) groups excluding carboxylic acids is 1. The van der Waals surface area contributed by atoms with Gasteiger partial charge in [-0.3, -0.25) is 9.69 Å². The van der Waals surface area contributed by atoms with Crippen molar-refractivity contribution in [2.45, 2.75) is 39.5 Å². The highest BCUT2D eigenvalue weighted by Gasteiger charge is 2.22. The van der Waals surface area contributed by atoms with E-state index in [0.717, 1.165) is 22.3 Å². The number of piperazine rings is 1. The third kappa shape index (κ3) is 9.80. The van der Waals surface area contributed by atoms with Crippen molar-refractivity contribution in [2.24, 2.45) is 0 Å². The Morgan fingerprint density at radius 1 is 1.06 bits per heavy atom. The number of hydrogen-bond acceptors (Lipinski definition) is 8. The summed E-state index contributed by atoms with van der Waals surface area (Å²) in [5.41, 5.74) is 3.01. The molecule has 0 spiro atoms. The van der Waals surface area contributed by atoms with E-state index in [0.29, 0.717) is 67.3 Å². The molecule has 0 atom stereocenters. The number of benzene rings is 3. The van der Waals surface area contributed by atoms with Gasteiger partial charge < -0.3 is 24.2 Å². The van der Waals surface area contributed by atoms with E-state index in [1.807, 2.05) is 31.2 Å². The molecule has 9 nitrogen and oxygen atoms in total. The summed E-state index contributed by atoms with van der Waals surface area (Å²) in [6.07, 6.45) is 4.85. The molecule has 1 N–H and O–H groups in total. The number of nitrogens with zero attached hydrogens (tertiary/aromatic N) is 4. The molecule has 49 heavy (non-hydrogen) atoms. The van der Waals surface area contributed by atoms with Crippen LogP contribution in [0.2, 0.25) is 5.02 Å². The summed E-state index contributed by atoms with van der Waals surface area (Å²) in [5.74, 6) is 0.930. The summed E-state index contributed by atoms with van der Waals surface area (Å²) in [7, 11) is 0. The fourth-order valence-corrected chi connectivity index (χ4v) is 5.47. The van der Waals surface area contributed by atoms with Crippen LogP contribution in [-0.2, 0) is 17.9 Å². The Hall–Kier alpha value is -4.95. The number of rotatable bonds is 12. The molecule has 5 rings (SSSR count). The summed E-state index contributed by atoms with van der Waals surface area (Å²) in [6.45, 7) is 8.35. The molecule has 0 aliphatic carbocycles. The van der Waals surface area contributed by atoms with Crippen molar-refractivity contribution in [3.8, 4) is 29.2 Å². The predicted molar refractivity (Wildman–Crippen MR) is 185 cm³/mol. The van der Waals surface area contributed by atoms with Crippen LogP contribution in [0, 0.1) is 24.1 Å². The van der Waals surface area contributed by atoms with Crippen molar-refractivity contribution >= 4 is 23.6 Å². The van der Waals surface area contributed by atoms with Gasteiger partial charge in [-0.05, 0) is 91.6 Å². The van der Waals surface area contributed by atoms with Crippen molar-refractivity contribution in [1.82, 2.24) is 14.8 Å². The molecule has 0 saturated carbocycles. The van der Waals surface area contributed by atoms with E-state index in [1.165, 1.54) is 6.07 Å². The van der Waals surface area contributed by atoms with Crippen LogP contribution in [0.3, 0.4) is 0 Å². The van der Waals surface area contributed by atoms with Gasteiger partial charge in [0.15, 0.2) is 17.3 Å². The minimum absolute atomic E-state index is 0.0986. The van der Waals surface area contributed by atoms with Crippen molar-refractivity contribution < 1.29 is 28.5 Å². The lowest BCUT2D eigenvalue weighted by molar-refractivity contribution is -0.127. The lowest BCUT2D eigenvalue weighted by Crippen LogP contribution is -2.47. The fourth-order valence-electron chi connectivity index (χ4n) is 5.16. The normalized spacial score (nSPS) is 13.7. The highest BCUT2D eigenvalue weighted by Crippen LogP contribution is 2.34. The molecule has 0 radical (unpaired) electrons.